The van der Waals surface area contributed by atoms with Crippen molar-refractivity contribution in [2.45, 2.75) is 26.3 Å². The van der Waals surface area contributed by atoms with Gasteiger partial charge in [0.2, 0.25) is 5.78 Å². The van der Waals surface area contributed by atoms with Crippen LogP contribution < -0.4 is 10.1 Å². The van der Waals surface area contributed by atoms with E-state index in [2.05, 4.69) is 5.32 Å². The highest BCUT2D eigenvalue weighted by Gasteiger charge is 2.18. The van der Waals surface area contributed by atoms with E-state index in [1.807, 2.05) is 13.8 Å². The van der Waals surface area contributed by atoms with Crippen molar-refractivity contribution in [2.24, 2.45) is 0 Å². The van der Waals surface area contributed by atoms with Gasteiger partial charge in [-0.3, -0.25) is 9.59 Å². The van der Waals surface area contributed by atoms with E-state index in [1.54, 1.807) is 6.07 Å². The molecule has 0 aliphatic rings. The summed E-state index contributed by atoms with van der Waals surface area (Å²) in [6, 6.07) is 4.48. The maximum Gasteiger partial charge on any atom is 0.292 e. The number of nitrogens with one attached hydrogen (secondary N) is 1. The summed E-state index contributed by atoms with van der Waals surface area (Å²) < 4.78 is 4.98. The Labute approximate surface area is 111 Å². The Kier molecular flexibility index (Phi) is 5.16. The van der Waals surface area contributed by atoms with Gasteiger partial charge in [0.1, 0.15) is 5.75 Å². The highest BCUT2D eigenvalue weighted by molar-refractivity contribution is 6.43. The molecule has 0 aliphatic carbocycles. The predicted molar refractivity (Wildman–Crippen MR) is 70.2 cm³/mol. The molecule has 0 aromatic heterocycles. The highest BCUT2D eigenvalue weighted by atomic mass is 35.5. The minimum absolute atomic E-state index is 0.0322. The van der Waals surface area contributed by atoms with Crippen molar-refractivity contribution in [1.82, 2.24) is 5.32 Å². The smallest absolute Gasteiger partial charge is 0.292 e. The Hall–Kier alpha value is -1.55. The summed E-state index contributed by atoms with van der Waals surface area (Å²) in [7, 11) is 1.48. The van der Waals surface area contributed by atoms with E-state index in [4.69, 9.17) is 16.3 Å². The zero-order valence-corrected chi connectivity index (χ0v) is 11.4. The number of ether oxygens (including phenoxy) is 1. The molecule has 1 atom stereocenters. The van der Waals surface area contributed by atoms with Crippen molar-refractivity contribution in [3.63, 3.8) is 0 Å². The summed E-state index contributed by atoms with van der Waals surface area (Å²) >= 11 is 5.90. The molecule has 18 heavy (non-hydrogen) atoms. The van der Waals surface area contributed by atoms with Crippen LogP contribution in [0.1, 0.15) is 30.6 Å². The topological polar surface area (TPSA) is 55.4 Å². The van der Waals surface area contributed by atoms with Crippen LogP contribution in [-0.2, 0) is 4.79 Å². The molecule has 0 fully saturated rings. The van der Waals surface area contributed by atoms with E-state index >= 15 is 0 Å². The lowest BCUT2D eigenvalue weighted by Gasteiger charge is -2.11. The molecule has 5 heteroatoms. The molecular weight excluding hydrogens is 254 g/mol. The summed E-state index contributed by atoms with van der Waals surface area (Å²) in [5.74, 6) is -0.749. The first-order valence-electron chi connectivity index (χ1n) is 5.68. The fourth-order valence-corrected chi connectivity index (χ4v) is 1.59. The average molecular weight is 270 g/mol. The van der Waals surface area contributed by atoms with Crippen LogP contribution in [0.5, 0.6) is 5.75 Å². The molecule has 1 N–H and O–H groups in total. The van der Waals surface area contributed by atoms with Gasteiger partial charge in [-0.05, 0) is 31.5 Å². The molecule has 0 spiro atoms. The average Bonchev–Trinajstić information content (AvgIpc) is 2.37. The van der Waals surface area contributed by atoms with Crippen molar-refractivity contribution >= 4 is 23.3 Å². The molecule has 4 nitrogen and oxygen atoms in total. The van der Waals surface area contributed by atoms with Crippen LogP contribution in [0.25, 0.3) is 0 Å². The zero-order chi connectivity index (χ0) is 13.7. The quantitative estimate of drug-likeness (QED) is 0.660. The molecule has 1 aromatic carbocycles. The van der Waals surface area contributed by atoms with Crippen molar-refractivity contribution in [3.05, 3.63) is 28.8 Å². The van der Waals surface area contributed by atoms with E-state index in [1.165, 1.54) is 19.2 Å². The first-order valence-corrected chi connectivity index (χ1v) is 6.06. The molecule has 0 radical (unpaired) electrons. The molecule has 1 rings (SSSR count). The summed E-state index contributed by atoms with van der Waals surface area (Å²) in [5, 5.41) is 2.92. The molecule has 0 saturated heterocycles. The van der Waals surface area contributed by atoms with Crippen LogP contribution in [0.15, 0.2) is 18.2 Å². The van der Waals surface area contributed by atoms with Gasteiger partial charge in [-0.25, -0.2) is 0 Å². The molecule has 0 heterocycles. The van der Waals surface area contributed by atoms with Crippen LogP contribution in [0, 0.1) is 0 Å². The molecular formula is C13H16ClNO3. The lowest BCUT2D eigenvalue weighted by Crippen LogP contribution is -2.37. The van der Waals surface area contributed by atoms with Gasteiger partial charge in [0, 0.05) is 11.6 Å². The van der Waals surface area contributed by atoms with Gasteiger partial charge >= 0.3 is 0 Å². The predicted octanol–water partition coefficient (Wildman–Crippen LogP) is 2.45. The largest absolute Gasteiger partial charge is 0.495 e. The number of halogens is 1. The van der Waals surface area contributed by atoms with Gasteiger partial charge in [-0.1, -0.05) is 18.5 Å². The van der Waals surface area contributed by atoms with Crippen LogP contribution in [0.2, 0.25) is 5.02 Å². The molecule has 98 valence electrons. The summed E-state index contributed by atoms with van der Waals surface area (Å²) in [5.41, 5.74) is 0.251. The Bertz CT molecular complexity index is 460. The lowest BCUT2D eigenvalue weighted by atomic mass is 10.1. The van der Waals surface area contributed by atoms with E-state index in [0.29, 0.717) is 10.8 Å². The number of ketones is 1. The standard InChI is InChI=1S/C13H16ClNO3/c1-4-8(2)15-13(17)12(16)9-5-6-11(18-3)10(14)7-9/h5-8H,4H2,1-3H3,(H,15,17). The fourth-order valence-electron chi connectivity index (χ4n) is 1.33. The summed E-state index contributed by atoms with van der Waals surface area (Å²) in [6.07, 6.45) is 0.766. The molecule has 1 amide bonds. The Morgan fingerprint density at radius 3 is 2.61 bits per heavy atom. The third-order valence-electron chi connectivity index (χ3n) is 2.61. The van der Waals surface area contributed by atoms with Gasteiger partial charge < -0.3 is 10.1 Å². The van der Waals surface area contributed by atoms with E-state index < -0.39 is 11.7 Å². The number of carbonyl (C=O) groups excluding carboxylic acids is 2. The molecule has 0 aliphatic heterocycles. The number of benzene rings is 1. The summed E-state index contributed by atoms with van der Waals surface area (Å²) in [6.45, 7) is 3.77. The van der Waals surface area contributed by atoms with E-state index in [-0.39, 0.29) is 11.6 Å². The van der Waals surface area contributed by atoms with Crippen LogP contribution in [-0.4, -0.2) is 24.8 Å². The van der Waals surface area contributed by atoms with Crippen LogP contribution in [0.4, 0.5) is 0 Å². The molecule has 0 saturated carbocycles. The van der Waals surface area contributed by atoms with E-state index in [0.717, 1.165) is 6.42 Å². The fraction of sp³-hybridized carbons (Fsp3) is 0.385. The number of rotatable bonds is 5. The highest BCUT2D eigenvalue weighted by Crippen LogP contribution is 2.25. The Morgan fingerprint density at radius 2 is 2.11 bits per heavy atom. The second-order valence-electron chi connectivity index (χ2n) is 3.96. The number of Topliss-reactive ketones (excluding diaryl/α,β-unsaturated/α-hetero) is 1. The zero-order valence-electron chi connectivity index (χ0n) is 10.6. The minimum atomic E-state index is -0.620. The normalized spacial score (nSPS) is 11.8. The van der Waals surface area contributed by atoms with Crippen LogP contribution in [0.3, 0.4) is 0 Å². The molecule has 1 unspecified atom stereocenters. The van der Waals surface area contributed by atoms with Gasteiger partial charge in [-0.15, -0.1) is 0 Å². The maximum atomic E-state index is 11.8. The maximum absolute atomic E-state index is 11.8. The van der Waals surface area contributed by atoms with Gasteiger partial charge in [0.15, 0.2) is 0 Å². The monoisotopic (exact) mass is 269 g/mol. The Balaban J connectivity index is 2.84. The van der Waals surface area contributed by atoms with Crippen molar-refractivity contribution < 1.29 is 14.3 Å². The minimum Gasteiger partial charge on any atom is -0.495 e. The van der Waals surface area contributed by atoms with Crippen molar-refractivity contribution in [1.29, 1.82) is 0 Å². The molecule has 0 bridgehead atoms. The third kappa shape index (κ3) is 3.47. The van der Waals surface area contributed by atoms with Gasteiger partial charge in [0.05, 0.1) is 12.1 Å². The number of carbonyl (C=O) groups is 2. The first kappa shape index (κ1) is 14.5. The second kappa shape index (κ2) is 6.40. The van der Waals surface area contributed by atoms with Gasteiger partial charge in [0.25, 0.3) is 5.91 Å². The second-order valence-corrected chi connectivity index (χ2v) is 4.37. The Morgan fingerprint density at radius 1 is 1.44 bits per heavy atom. The van der Waals surface area contributed by atoms with Crippen molar-refractivity contribution in [3.8, 4) is 5.75 Å². The van der Waals surface area contributed by atoms with Crippen molar-refractivity contribution in [2.75, 3.05) is 7.11 Å². The molecule has 1 aromatic rings. The lowest BCUT2D eigenvalue weighted by molar-refractivity contribution is -0.117. The first-order chi connectivity index (χ1) is 8.49. The SMILES string of the molecule is CCC(C)NC(=O)C(=O)c1ccc(OC)c(Cl)c1. The number of hydrogen-bond donors (Lipinski definition) is 1. The number of amides is 1. The van der Waals surface area contributed by atoms with Crippen LogP contribution >= 0.6 is 11.6 Å². The van der Waals surface area contributed by atoms with Gasteiger partial charge in [-0.2, -0.15) is 0 Å². The number of methoxy groups -OCH3 is 1. The number of hydrogen-bond acceptors (Lipinski definition) is 3. The summed E-state index contributed by atoms with van der Waals surface area (Å²) in [4.78, 5) is 23.5. The van der Waals surface area contributed by atoms with E-state index in [9.17, 15) is 9.59 Å². The third-order valence-corrected chi connectivity index (χ3v) is 2.91.